The molecule has 7 nitrogen and oxygen atoms in total. The SMILES string of the molecule is Cc1cc(S(=O)(=O)N(C)C)cc(NC(=O)C2CCN(C(=O)c3cccs3)CC2)c1C. The average molecular weight is 450 g/mol. The van der Waals surface area contributed by atoms with Gasteiger partial charge in [0.25, 0.3) is 5.91 Å². The number of benzene rings is 1. The summed E-state index contributed by atoms with van der Waals surface area (Å²) in [4.78, 5) is 28.0. The first-order valence-corrected chi connectivity index (χ1v) is 12.1. The molecule has 162 valence electrons. The number of piperidine rings is 1. The van der Waals surface area contributed by atoms with Gasteiger partial charge in [-0.2, -0.15) is 0 Å². The monoisotopic (exact) mass is 449 g/mol. The normalized spacial score (nSPS) is 15.4. The summed E-state index contributed by atoms with van der Waals surface area (Å²) in [5.74, 6) is -0.344. The second-order valence-electron chi connectivity index (χ2n) is 7.73. The maximum atomic E-state index is 12.9. The van der Waals surface area contributed by atoms with Crippen molar-refractivity contribution in [1.82, 2.24) is 9.21 Å². The number of nitrogens with one attached hydrogen (secondary N) is 1. The molecule has 2 amide bonds. The Kier molecular flexibility index (Phi) is 6.64. The van der Waals surface area contributed by atoms with Crippen LogP contribution in [0.25, 0.3) is 0 Å². The Morgan fingerprint density at radius 3 is 2.40 bits per heavy atom. The van der Waals surface area contributed by atoms with Crippen molar-refractivity contribution in [2.75, 3.05) is 32.5 Å². The highest BCUT2D eigenvalue weighted by Gasteiger charge is 2.29. The fraction of sp³-hybridized carbons (Fsp3) is 0.429. The molecular formula is C21H27N3O4S2. The Bertz CT molecular complexity index is 1040. The number of thiophene rings is 1. The summed E-state index contributed by atoms with van der Waals surface area (Å²) in [6.45, 7) is 4.75. The van der Waals surface area contributed by atoms with Crippen molar-refractivity contribution in [3.63, 3.8) is 0 Å². The first-order valence-electron chi connectivity index (χ1n) is 9.78. The largest absolute Gasteiger partial charge is 0.338 e. The highest BCUT2D eigenvalue weighted by molar-refractivity contribution is 7.89. The lowest BCUT2D eigenvalue weighted by Crippen LogP contribution is -2.41. The topological polar surface area (TPSA) is 86.8 Å². The standard InChI is InChI=1S/C21H27N3O4S2/c1-14-12-17(30(27,28)23(3)4)13-18(15(14)2)22-20(25)16-7-9-24(10-8-16)21(26)19-6-5-11-29-19/h5-6,11-13,16H,7-10H2,1-4H3,(H,22,25). The molecule has 0 aliphatic carbocycles. The lowest BCUT2D eigenvalue weighted by Gasteiger charge is -2.31. The first-order chi connectivity index (χ1) is 14.1. The van der Waals surface area contributed by atoms with Gasteiger partial charge >= 0.3 is 0 Å². The van der Waals surface area contributed by atoms with Crippen molar-refractivity contribution in [2.45, 2.75) is 31.6 Å². The van der Waals surface area contributed by atoms with Crippen LogP contribution in [0.1, 0.15) is 33.6 Å². The molecule has 1 aliphatic heterocycles. The number of aryl methyl sites for hydroxylation is 1. The fourth-order valence-electron chi connectivity index (χ4n) is 3.45. The summed E-state index contributed by atoms with van der Waals surface area (Å²) in [6, 6.07) is 6.80. The van der Waals surface area contributed by atoms with E-state index in [1.165, 1.54) is 31.5 Å². The second kappa shape index (κ2) is 8.87. The predicted octanol–water partition coefficient (Wildman–Crippen LogP) is 3.11. The molecule has 0 saturated carbocycles. The van der Waals surface area contributed by atoms with Crippen molar-refractivity contribution in [3.8, 4) is 0 Å². The van der Waals surface area contributed by atoms with Crippen LogP contribution >= 0.6 is 11.3 Å². The molecule has 3 rings (SSSR count). The minimum atomic E-state index is -3.60. The van der Waals surface area contributed by atoms with Gasteiger partial charge < -0.3 is 10.2 Å². The Hall–Kier alpha value is -2.23. The van der Waals surface area contributed by atoms with Gasteiger partial charge in [0.05, 0.1) is 9.77 Å². The first kappa shape index (κ1) is 22.5. The Morgan fingerprint density at radius 1 is 1.17 bits per heavy atom. The van der Waals surface area contributed by atoms with Crippen LogP contribution in [0.4, 0.5) is 5.69 Å². The van der Waals surface area contributed by atoms with E-state index >= 15 is 0 Å². The van der Waals surface area contributed by atoms with Gasteiger partial charge in [0, 0.05) is 38.8 Å². The summed E-state index contributed by atoms with van der Waals surface area (Å²) >= 11 is 1.42. The number of anilines is 1. The van der Waals surface area contributed by atoms with E-state index in [0.717, 1.165) is 15.4 Å². The smallest absolute Gasteiger partial charge is 0.263 e. The van der Waals surface area contributed by atoms with Gasteiger partial charge in [-0.15, -0.1) is 11.3 Å². The lowest BCUT2D eigenvalue weighted by atomic mass is 9.95. The number of nitrogens with zero attached hydrogens (tertiary/aromatic N) is 2. The van der Waals surface area contributed by atoms with E-state index in [1.54, 1.807) is 11.0 Å². The number of hydrogen-bond donors (Lipinski definition) is 1. The van der Waals surface area contributed by atoms with Gasteiger partial charge in [0.2, 0.25) is 15.9 Å². The van der Waals surface area contributed by atoms with E-state index in [9.17, 15) is 18.0 Å². The van der Waals surface area contributed by atoms with Crippen molar-refractivity contribution >= 4 is 38.9 Å². The van der Waals surface area contributed by atoms with E-state index in [4.69, 9.17) is 0 Å². The molecular weight excluding hydrogens is 422 g/mol. The lowest BCUT2D eigenvalue weighted by molar-refractivity contribution is -0.121. The second-order valence-corrected chi connectivity index (χ2v) is 10.8. The van der Waals surface area contributed by atoms with Crippen molar-refractivity contribution in [3.05, 3.63) is 45.6 Å². The minimum Gasteiger partial charge on any atom is -0.338 e. The third-order valence-corrected chi connectivity index (χ3v) is 8.21. The maximum Gasteiger partial charge on any atom is 0.263 e. The number of carbonyl (C=O) groups is 2. The fourth-order valence-corrected chi connectivity index (χ4v) is 5.16. The predicted molar refractivity (Wildman–Crippen MR) is 118 cm³/mol. The molecule has 1 aromatic heterocycles. The highest BCUT2D eigenvalue weighted by Crippen LogP contribution is 2.27. The number of rotatable bonds is 5. The van der Waals surface area contributed by atoms with Gasteiger partial charge in [-0.25, -0.2) is 12.7 Å². The summed E-state index contributed by atoms with van der Waals surface area (Å²) in [5, 5.41) is 4.80. The van der Waals surface area contributed by atoms with Crippen LogP contribution in [-0.2, 0) is 14.8 Å². The third-order valence-electron chi connectivity index (χ3n) is 5.56. The number of carbonyl (C=O) groups excluding carboxylic acids is 2. The highest BCUT2D eigenvalue weighted by atomic mass is 32.2. The number of hydrogen-bond acceptors (Lipinski definition) is 5. The van der Waals surface area contributed by atoms with Gasteiger partial charge in [-0.05, 0) is 61.4 Å². The molecule has 0 atom stereocenters. The van der Waals surface area contributed by atoms with Crippen LogP contribution in [0.2, 0.25) is 0 Å². The summed E-state index contributed by atoms with van der Waals surface area (Å²) < 4.78 is 26.2. The Balaban J connectivity index is 1.69. The molecule has 1 saturated heterocycles. The van der Waals surface area contributed by atoms with Gasteiger partial charge in [0.1, 0.15) is 0 Å². The summed E-state index contributed by atoms with van der Waals surface area (Å²) in [7, 11) is -0.638. The van der Waals surface area contributed by atoms with Gasteiger partial charge in [0.15, 0.2) is 0 Å². The molecule has 9 heteroatoms. The van der Waals surface area contributed by atoms with Crippen LogP contribution in [-0.4, -0.2) is 56.6 Å². The van der Waals surface area contributed by atoms with Crippen molar-refractivity contribution in [1.29, 1.82) is 0 Å². The Morgan fingerprint density at radius 2 is 1.83 bits per heavy atom. The molecule has 0 unspecified atom stereocenters. The molecule has 0 radical (unpaired) electrons. The molecule has 2 heterocycles. The summed E-state index contributed by atoms with van der Waals surface area (Å²) in [6.07, 6.45) is 1.16. The quantitative estimate of drug-likeness (QED) is 0.760. The van der Waals surface area contributed by atoms with Gasteiger partial charge in [-0.3, -0.25) is 9.59 Å². The van der Waals surface area contributed by atoms with E-state index in [2.05, 4.69) is 5.32 Å². The number of likely N-dealkylation sites (tertiary alicyclic amines) is 1. The maximum absolute atomic E-state index is 12.9. The zero-order chi connectivity index (χ0) is 22.1. The molecule has 1 aliphatic rings. The van der Waals surface area contributed by atoms with E-state index in [0.29, 0.717) is 36.5 Å². The number of sulfonamides is 1. The third kappa shape index (κ3) is 4.58. The van der Waals surface area contributed by atoms with Crippen LogP contribution < -0.4 is 5.32 Å². The molecule has 2 aromatic rings. The number of amides is 2. The Labute approximate surface area is 181 Å². The van der Waals surface area contributed by atoms with Crippen molar-refractivity contribution < 1.29 is 18.0 Å². The minimum absolute atomic E-state index is 0.0110. The van der Waals surface area contributed by atoms with E-state index in [-0.39, 0.29) is 22.6 Å². The van der Waals surface area contributed by atoms with Crippen LogP contribution in [0.5, 0.6) is 0 Å². The van der Waals surface area contributed by atoms with Gasteiger partial charge in [-0.1, -0.05) is 6.07 Å². The van der Waals surface area contributed by atoms with Crippen LogP contribution in [0.3, 0.4) is 0 Å². The average Bonchev–Trinajstić information content (AvgIpc) is 3.25. The van der Waals surface area contributed by atoms with Crippen LogP contribution in [0, 0.1) is 19.8 Å². The molecule has 1 fully saturated rings. The van der Waals surface area contributed by atoms with Crippen molar-refractivity contribution in [2.24, 2.45) is 5.92 Å². The van der Waals surface area contributed by atoms with E-state index < -0.39 is 10.0 Å². The molecule has 0 bridgehead atoms. The van der Waals surface area contributed by atoms with E-state index in [1.807, 2.05) is 31.4 Å². The summed E-state index contributed by atoms with van der Waals surface area (Å²) in [5.41, 5.74) is 2.15. The molecule has 30 heavy (non-hydrogen) atoms. The van der Waals surface area contributed by atoms with Crippen LogP contribution in [0.15, 0.2) is 34.5 Å². The zero-order valence-electron chi connectivity index (χ0n) is 17.6. The molecule has 1 N–H and O–H groups in total. The molecule has 0 spiro atoms. The molecule has 1 aromatic carbocycles. The zero-order valence-corrected chi connectivity index (χ0v) is 19.3.